The van der Waals surface area contributed by atoms with E-state index >= 15 is 0 Å². The first kappa shape index (κ1) is 20.1. The molecule has 0 heterocycles. The number of primary amides is 1. The number of nitrogens with one attached hydrogen (secondary N) is 2. The summed E-state index contributed by atoms with van der Waals surface area (Å²) in [7, 11) is 0. The number of amides is 3. The summed E-state index contributed by atoms with van der Waals surface area (Å²) in [5.41, 5.74) is 12.0. The summed E-state index contributed by atoms with van der Waals surface area (Å²) in [6, 6.07) is 14.2. The smallest absolute Gasteiger partial charge is 0.252 e. The number of hydrogen-bond donors (Lipinski definition) is 4. The molecule has 2 aromatic rings. The van der Waals surface area contributed by atoms with Gasteiger partial charge in [-0.1, -0.05) is 36.4 Å². The Kier molecular flexibility index (Phi) is 6.31. The molecule has 0 unspecified atom stereocenters. The normalized spacial score (nSPS) is 10.9. The first-order valence-corrected chi connectivity index (χ1v) is 8.52. The fraction of sp³-hybridized carbons (Fsp3) is 0.250. The highest BCUT2D eigenvalue weighted by Crippen LogP contribution is 2.17. The summed E-state index contributed by atoms with van der Waals surface area (Å²) in [6.45, 7) is 3.17. The summed E-state index contributed by atoms with van der Waals surface area (Å²) in [5, 5.41) is 5.36. The average Bonchev–Trinajstić information content (AvgIpc) is 2.61. The summed E-state index contributed by atoms with van der Waals surface area (Å²) in [6.07, 6.45) is 0.218. The summed E-state index contributed by atoms with van der Waals surface area (Å²) < 4.78 is 0. The third kappa shape index (κ3) is 5.39. The summed E-state index contributed by atoms with van der Waals surface area (Å²) in [4.78, 5) is 36.3. The standard InChI is InChI=1S/C20H24N4O3/c1-20(2,19(22)27)24-18(26)16-11-15(9-8-14(16)12-21)23-17(25)10-13-6-4-3-5-7-13/h3-9,11H,10,12,21H2,1-2H3,(H2,22,27)(H,23,25)(H,24,26). The van der Waals surface area contributed by atoms with Crippen molar-refractivity contribution in [1.29, 1.82) is 0 Å². The van der Waals surface area contributed by atoms with Crippen molar-refractivity contribution in [2.24, 2.45) is 11.5 Å². The van der Waals surface area contributed by atoms with Crippen molar-refractivity contribution in [3.63, 3.8) is 0 Å². The Morgan fingerprint density at radius 2 is 1.70 bits per heavy atom. The van der Waals surface area contributed by atoms with Crippen LogP contribution in [0.2, 0.25) is 0 Å². The Morgan fingerprint density at radius 1 is 1.04 bits per heavy atom. The summed E-state index contributed by atoms with van der Waals surface area (Å²) >= 11 is 0. The van der Waals surface area contributed by atoms with Gasteiger partial charge in [0.25, 0.3) is 5.91 Å². The molecule has 3 amide bonds. The lowest BCUT2D eigenvalue weighted by atomic mass is 10.0. The minimum absolute atomic E-state index is 0.137. The van der Waals surface area contributed by atoms with Crippen LogP contribution in [0.15, 0.2) is 48.5 Å². The van der Waals surface area contributed by atoms with Crippen LogP contribution in [0.4, 0.5) is 5.69 Å². The average molecular weight is 368 g/mol. The van der Waals surface area contributed by atoms with Gasteiger partial charge >= 0.3 is 0 Å². The van der Waals surface area contributed by atoms with Crippen molar-refractivity contribution in [3.8, 4) is 0 Å². The van der Waals surface area contributed by atoms with Gasteiger partial charge in [0, 0.05) is 17.8 Å². The third-order valence-corrected chi connectivity index (χ3v) is 4.11. The Balaban J connectivity index is 2.18. The van der Waals surface area contributed by atoms with Crippen molar-refractivity contribution >= 4 is 23.4 Å². The van der Waals surface area contributed by atoms with Gasteiger partial charge < -0.3 is 22.1 Å². The van der Waals surface area contributed by atoms with Gasteiger partial charge in [-0.15, -0.1) is 0 Å². The van der Waals surface area contributed by atoms with Gasteiger partial charge in [0.1, 0.15) is 5.54 Å². The van der Waals surface area contributed by atoms with Crippen molar-refractivity contribution < 1.29 is 14.4 Å². The molecule has 0 saturated carbocycles. The monoisotopic (exact) mass is 368 g/mol. The first-order chi connectivity index (χ1) is 12.7. The Morgan fingerprint density at radius 3 is 2.30 bits per heavy atom. The molecule has 7 nitrogen and oxygen atoms in total. The zero-order chi connectivity index (χ0) is 20.0. The van der Waals surface area contributed by atoms with Crippen molar-refractivity contribution in [2.45, 2.75) is 32.4 Å². The molecule has 2 aromatic carbocycles. The van der Waals surface area contributed by atoms with Crippen molar-refractivity contribution in [2.75, 3.05) is 5.32 Å². The van der Waals surface area contributed by atoms with E-state index in [1.54, 1.807) is 12.1 Å². The molecule has 0 spiro atoms. The molecule has 0 bridgehead atoms. The van der Waals surface area contributed by atoms with Gasteiger partial charge in [0.2, 0.25) is 11.8 Å². The van der Waals surface area contributed by atoms with Crippen LogP contribution in [-0.4, -0.2) is 23.3 Å². The highest BCUT2D eigenvalue weighted by Gasteiger charge is 2.28. The molecule has 2 rings (SSSR count). The van der Waals surface area contributed by atoms with Crippen LogP contribution in [0.25, 0.3) is 0 Å². The van der Waals surface area contributed by atoms with Gasteiger partial charge in [-0.05, 0) is 37.1 Å². The molecule has 0 saturated heterocycles. The van der Waals surface area contributed by atoms with Gasteiger partial charge in [0.15, 0.2) is 0 Å². The van der Waals surface area contributed by atoms with Crippen LogP contribution < -0.4 is 22.1 Å². The highest BCUT2D eigenvalue weighted by molar-refractivity contribution is 6.01. The Labute approximate surface area is 158 Å². The predicted octanol–water partition coefficient (Wildman–Crippen LogP) is 1.32. The molecule has 0 radical (unpaired) electrons. The lowest BCUT2D eigenvalue weighted by molar-refractivity contribution is -0.122. The third-order valence-electron chi connectivity index (χ3n) is 4.11. The van der Waals surface area contributed by atoms with E-state index in [0.29, 0.717) is 11.3 Å². The Bertz CT molecular complexity index is 848. The van der Waals surface area contributed by atoms with E-state index < -0.39 is 17.4 Å². The van der Waals surface area contributed by atoms with Crippen LogP contribution in [-0.2, 0) is 22.6 Å². The zero-order valence-electron chi connectivity index (χ0n) is 15.4. The topological polar surface area (TPSA) is 127 Å². The summed E-state index contributed by atoms with van der Waals surface area (Å²) in [5.74, 6) is -1.35. The van der Waals surface area contributed by atoms with Crippen LogP contribution in [0.5, 0.6) is 0 Å². The van der Waals surface area contributed by atoms with Crippen molar-refractivity contribution in [3.05, 3.63) is 65.2 Å². The van der Waals surface area contributed by atoms with E-state index in [4.69, 9.17) is 11.5 Å². The van der Waals surface area contributed by atoms with Crippen molar-refractivity contribution in [1.82, 2.24) is 5.32 Å². The van der Waals surface area contributed by atoms with Crippen LogP contribution in [0.1, 0.15) is 35.3 Å². The van der Waals surface area contributed by atoms with Crippen LogP contribution >= 0.6 is 0 Å². The molecule has 7 heteroatoms. The van der Waals surface area contributed by atoms with Gasteiger partial charge in [0.05, 0.1) is 6.42 Å². The number of nitrogens with two attached hydrogens (primary N) is 2. The van der Waals surface area contributed by atoms with E-state index in [1.807, 2.05) is 30.3 Å². The largest absolute Gasteiger partial charge is 0.368 e. The first-order valence-electron chi connectivity index (χ1n) is 8.52. The van der Waals surface area contributed by atoms with E-state index in [0.717, 1.165) is 5.56 Å². The lowest BCUT2D eigenvalue weighted by Crippen LogP contribution is -2.53. The minimum Gasteiger partial charge on any atom is -0.368 e. The number of anilines is 1. The fourth-order valence-electron chi connectivity index (χ4n) is 2.44. The highest BCUT2D eigenvalue weighted by atomic mass is 16.2. The maximum absolute atomic E-state index is 12.6. The van der Waals surface area contributed by atoms with E-state index in [1.165, 1.54) is 19.9 Å². The number of rotatable bonds is 7. The quantitative estimate of drug-likeness (QED) is 0.588. The van der Waals surface area contributed by atoms with Crippen LogP contribution in [0.3, 0.4) is 0 Å². The predicted molar refractivity (Wildman–Crippen MR) is 104 cm³/mol. The molecule has 6 N–H and O–H groups in total. The van der Waals surface area contributed by atoms with E-state index in [2.05, 4.69) is 10.6 Å². The molecule has 0 aliphatic carbocycles. The molecule has 0 fully saturated rings. The lowest BCUT2D eigenvalue weighted by Gasteiger charge is -2.23. The molecule has 27 heavy (non-hydrogen) atoms. The molecular formula is C20H24N4O3. The SMILES string of the molecule is CC(C)(NC(=O)c1cc(NC(=O)Cc2ccccc2)ccc1CN)C(N)=O. The van der Waals surface area contributed by atoms with E-state index in [9.17, 15) is 14.4 Å². The molecule has 142 valence electrons. The van der Waals surface area contributed by atoms with Gasteiger partial charge in [-0.2, -0.15) is 0 Å². The second-order valence-corrected chi connectivity index (χ2v) is 6.73. The van der Waals surface area contributed by atoms with Gasteiger partial charge in [-0.25, -0.2) is 0 Å². The number of carbonyl (C=O) groups excluding carboxylic acids is 3. The fourth-order valence-corrected chi connectivity index (χ4v) is 2.44. The minimum atomic E-state index is -1.21. The second kappa shape index (κ2) is 8.46. The molecule has 0 aromatic heterocycles. The second-order valence-electron chi connectivity index (χ2n) is 6.73. The number of carbonyl (C=O) groups is 3. The number of hydrogen-bond acceptors (Lipinski definition) is 4. The molecule has 0 aliphatic heterocycles. The van der Waals surface area contributed by atoms with E-state index in [-0.39, 0.29) is 24.4 Å². The maximum atomic E-state index is 12.6. The molecule has 0 atom stereocenters. The maximum Gasteiger partial charge on any atom is 0.252 e. The molecular weight excluding hydrogens is 344 g/mol. The molecule has 0 aliphatic rings. The van der Waals surface area contributed by atoms with Gasteiger partial charge in [-0.3, -0.25) is 14.4 Å². The van der Waals surface area contributed by atoms with Crippen LogP contribution in [0, 0.1) is 0 Å². The Hall–Kier alpha value is -3.19. The zero-order valence-corrected chi connectivity index (χ0v) is 15.4. The number of benzene rings is 2.